The monoisotopic (exact) mass is 426 g/mol. The maximum atomic E-state index is 14.2. The first kappa shape index (κ1) is 19.5. The molecule has 3 aromatic carbocycles. The first-order valence-electron chi connectivity index (χ1n) is 8.84. The van der Waals surface area contributed by atoms with E-state index in [0.29, 0.717) is 16.4 Å². The van der Waals surface area contributed by atoms with Crippen LogP contribution in [0.5, 0.6) is 0 Å². The lowest BCUT2D eigenvalue weighted by Crippen LogP contribution is -2.27. The molecule has 0 unspecified atom stereocenters. The number of hydrogen-bond donors (Lipinski definition) is 0. The van der Waals surface area contributed by atoms with Crippen LogP contribution < -0.4 is 4.90 Å². The molecule has 0 atom stereocenters. The van der Waals surface area contributed by atoms with Gasteiger partial charge in [0.15, 0.2) is 5.13 Å². The molecule has 0 radical (unpaired) electrons. The Balaban J connectivity index is 1.67. The predicted molar refractivity (Wildman–Crippen MR) is 115 cm³/mol. The van der Waals surface area contributed by atoms with Gasteiger partial charge in [0, 0.05) is 4.90 Å². The predicted octanol–water partition coefficient (Wildman–Crippen LogP) is 6.34. The molecule has 1 aromatic heterocycles. The van der Waals surface area contributed by atoms with Crippen LogP contribution in [0.15, 0.2) is 71.6 Å². The van der Waals surface area contributed by atoms with Crippen molar-refractivity contribution in [2.75, 3.05) is 10.7 Å². The van der Waals surface area contributed by atoms with E-state index in [4.69, 9.17) is 0 Å². The highest BCUT2D eigenvalue weighted by atomic mass is 32.2. The molecule has 1 heterocycles. The van der Waals surface area contributed by atoms with Crippen LogP contribution in [0.3, 0.4) is 0 Å². The van der Waals surface area contributed by atoms with Gasteiger partial charge in [-0.25, -0.2) is 13.8 Å². The van der Waals surface area contributed by atoms with Crippen molar-refractivity contribution in [2.24, 2.45) is 0 Å². The molecule has 0 saturated carbocycles. The maximum absolute atomic E-state index is 14.2. The van der Waals surface area contributed by atoms with Crippen LogP contribution in [0, 0.1) is 18.6 Å². The summed E-state index contributed by atoms with van der Waals surface area (Å²) in [4.78, 5) is 19.9. The molecule has 0 N–H and O–H groups in total. The second-order valence-corrected chi connectivity index (χ2v) is 8.43. The highest BCUT2D eigenvalue weighted by Crippen LogP contribution is 2.35. The third-order valence-electron chi connectivity index (χ3n) is 4.31. The SMILES string of the molecule is Cc1ccc(N(C(=O)CSc2ccc(F)cc2)c2nc3ccccc3s2)cc1F. The highest BCUT2D eigenvalue weighted by Gasteiger charge is 2.22. The van der Waals surface area contributed by atoms with Gasteiger partial charge >= 0.3 is 0 Å². The molecule has 0 aliphatic rings. The number of halogens is 2. The molecule has 0 spiro atoms. The second-order valence-electron chi connectivity index (χ2n) is 6.37. The van der Waals surface area contributed by atoms with Gasteiger partial charge in [-0.05, 0) is 61.0 Å². The molecule has 0 bridgehead atoms. The van der Waals surface area contributed by atoms with Gasteiger partial charge in [-0.15, -0.1) is 11.8 Å². The van der Waals surface area contributed by atoms with E-state index in [1.54, 1.807) is 31.2 Å². The van der Waals surface area contributed by atoms with Gasteiger partial charge < -0.3 is 0 Å². The Morgan fingerprint density at radius 3 is 2.55 bits per heavy atom. The lowest BCUT2D eigenvalue weighted by molar-refractivity contribution is -0.115. The van der Waals surface area contributed by atoms with Gasteiger partial charge in [-0.3, -0.25) is 9.69 Å². The molecule has 0 aliphatic carbocycles. The molecule has 29 heavy (non-hydrogen) atoms. The normalized spacial score (nSPS) is 11.0. The van der Waals surface area contributed by atoms with Crippen molar-refractivity contribution >= 4 is 50.0 Å². The number of carbonyl (C=O) groups is 1. The van der Waals surface area contributed by atoms with E-state index in [0.717, 1.165) is 15.1 Å². The second kappa shape index (κ2) is 8.31. The standard InChI is InChI=1S/C22H16F2N2OS2/c1-14-6-9-16(12-18(14)24)26(22-25-19-4-2-3-5-20(19)29-22)21(27)13-28-17-10-7-15(23)8-11-17/h2-12H,13H2,1H3. The number of hydrogen-bond acceptors (Lipinski definition) is 4. The van der Waals surface area contributed by atoms with Gasteiger partial charge in [-0.2, -0.15) is 0 Å². The van der Waals surface area contributed by atoms with Crippen LogP contribution in [-0.2, 0) is 4.79 Å². The van der Waals surface area contributed by atoms with E-state index in [-0.39, 0.29) is 23.3 Å². The average molecular weight is 427 g/mol. The van der Waals surface area contributed by atoms with E-state index in [1.165, 1.54) is 46.2 Å². The first-order chi connectivity index (χ1) is 14.0. The number of anilines is 2. The fourth-order valence-corrected chi connectivity index (χ4v) is 4.53. The Labute approximate surface area is 175 Å². The molecule has 4 aromatic rings. The van der Waals surface area contributed by atoms with E-state index in [1.807, 2.05) is 24.3 Å². The quantitative estimate of drug-likeness (QED) is 0.349. The van der Waals surface area contributed by atoms with E-state index >= 15 is 0 Å². The van der Waals surface area contributed by atoms with Gasteiger partial charge in [0.1, 0.15) is 11.6 Å². The molecular weight excluding hydrogens is 410 g/mol. The Bertz CT molecular complexity index is 1140. The molecular formula is C22H16F2N2OS2. The van der Waals surface area contributed by atoms with Crippen molar-refractivity contribution in [1.29, 1.82) is 0 Å². The summed E-state index contributed by atoms with van der Waals surface area (Å²) >= 11 is 2.67. The van der Waals surface area contributed by atoms with Crippen LogP contribution in [0.4, 0.5) is 19.6 Å². The molecule has 7 heteroatoms. The number of aromatic nitrogens is 1. The highest BCUT2D eigenvalue weighted by molar-refractivity contribution is 8.00. The molecule has 4 rings (SSSR count). The minimum atomic E-state index is -0.382. The topological polar surface area (TPSA) is 33.2 Å². The van der Waals surface area contributed by atoms with Crippen molar-refractivity contribution < 1.29 is 13.6 Å². The summed E-state index contributed by atoms with van der Waals surface area (Å²) in [5, 5.41) is 0.485. The molecule has 1 amide bonds. The fourth-order valence-electron chi connectivity index (χ4n) is 2.78. The Kier molecular flexibility index (Phi) is 5.60. The summed E-state index contributed by atoms with van der Waals surface area (Å²) in [6.45, 7) is 1.67. The molecule has 0 fully saturated rings. The lowest BCUT2D eigenvalue weighted by atomic mass is 10.2. The van der Waals surface area contributed by atoms with Crippen LogP contribution in [-0.4, -0.2) is 16.6 Å². The minimum absolute atomic E-state index is 0.108. The van der Waals surface area contributed by atoms with Crippen molar-refractivity contribution in [1.82, 2.24) is 4.98 Å². The number of nitrogens with zero attached hydrogens (tertiary/aromatic N) is 2. The zero-order valence-corrected chi connectivity index (χ0v) is 17.1. The van der Waals surface area contributed by atoms with E-state index in [9.17, 15) is 13.6 Å². The van der Waals surface area contributed by atoms with Crippen LogP contribution in [0.2, 0.25) is 0 Å². The Morgan fingerprint density at radius 2 is 1.83 bits per heavy atom. The zero-order valence-electron chi connectivity index (χ0n) is 15.4. The van der Waals surface area contributed by atoms with Gasteiger partial charge in [0.25, 0.3) is 0 Å². The summed E-state index contributed by atoms with van der Waals surface area (Å²) in [7, 11) is 0. The summed E-state index contributed by atoms with van der Waals surface area (Å²) in [5.41, 5.74) is 1.71. The molecule has 3 nitrogen and oxygen atoms in total. The van der Waals surface area contributed by atoms with Crippen molar-refractivity contribution in [2.45, 2.75) is 11.8 Å². The van der Waals surface area contributed by atoms with E-state index < -0.39 is 0 Å². The van der Waals surface area contributed by atoms with Crippen LogP contribution in [0.25, 0.3) is 10.2 Å². The van der Waals surface area contributed by atoms with Gasteiger partial charge in [0.2, 0.25) is 5.91 Å². The third-order valence-corrected chi connectivity index (χ3v) is 6.33. The number of amides is 1. The van der Waals surface area contributed by atoms with Crippen molar-refractivity contribution in [3.63, 3.8) is 0 Å². The van der Waals surface area contributed by atoms with Crippen molar-refractivity contribution in [3.05, 3.63) is 83.9 Å². The van der Waals surface area contributed by atoms with Gasteiger partial charge in [0.05, 0.1) is 21.7 Å². The number of benzene rings is 3. The summed E-state index contributed by atoms with van der Waals surface area (Å²) < 4.78 is 28.3. The minimum Gasteiger partial charge on any atom is -0.273 e. The first-order valence-corrected chi connectivity index (χ1v) is 10.6. The summed E-state index contributed by atoms with van der Waals surface area (Å²) in [5.74, 6) is -0.835. The number of aryl methyl sites for hydroxylation is 1. The number of carbonyl (C=O) groups excluding carboxylic acids is 1. The smallest absolute Gasteiger partial charge is 0.243 e. The summed E-state index contributed by atoms with van der Waals surface area (Å²) in [6.07, 6.45) is 0. The zero-order chi connectivity index (χ0) is 20.4. The maximum Gasteiger partial charge on any atom is 0.243 e. The van der Waals surface area contributed by atoms with Crippen LogP contribution in [0.1, 0.15) is 5.56 Å². The fraction of sp³-hybridized carbons (Fsp3) is 0.0909. The number of fused-ring (bicyclic) bond motifs is 1. The lowest BCUT2D eigenvalue weighted by Gasteiger charge is -2.20. The Hall–Kier alpha value is -2.77. The molecule has 146 valence electrons. The van der Waals surface area contributed by atoms with Crippen LogP contribution >= 0.6 is 23.1 Å². The third kappa shape index (κ3) is 4.31. The van der Waals surface area contributed by atoms with E-state index in [2.05, 4.69) is 4.98 Å². The van der Waals surface area contributed by atoms with Crippen molar-refractivity contribution in [3.8, 4) is 0 Å². The largest absolute Gasteiger partial charge is 0.273 e. The molecule has 0 aliphatic heterocycles. The Morgan fingerprint density at radius 1 is 1.07 bits per heavy atom. The molecule has 0 saturated heterocycles. The number of rotatable bonds is 5. The van der Waals surface area contributed by atoms with Gasteiger partial charge in [-0.1, -0.05) is 29.5 Å². The number of thioether (sulfide) groups is 1. The summed E-state index contributed by atoms with van der Waals surface area (Å²) in [6, 6.07) is 18.3. The number of thiazole rings is 1. The number of para-hydroxylation sites is 1. The average Bonchev–Trinajstić information content (AvgIpc) is 3.14.